The highest BCUT2D eigenvalue weighted by atomic mass is 79.9. The van der Waals surface area contributed by atoms with Gasteiger partial charge in [-0.1, -0.05) is 30.3 Å². The maximum Gasteiger partial charge on any atom is 0.212 e. The second kappa shape index (κ2) is 3.59. The van der Waals surface area contributed by atoms with E-state index in [1.165, 1.54) is 0 Å². The predicted molar refractivity (Wildman–Crippen MR) is 63.4 cm³/mol. The van der Waals surface area contributed by atoms with Gasteiger partial charge in [0.1, 0.15) is 5.69 Å². The molecule has 2 nitrogen and oxygen atoms in total. The Balaban J connectivity index is 0.000000853. The van der Waals surface area contributed by atoms with Crippen molar-refractivity contribution in [2.24, 2.45) is 0 Å². The molecule has 0 atom stereocenters. The van der Waals surface area contributed by atoms with Crippen LogP contribution in [0.3, 0.4) is 0 Å². The van der Waals surface area contributed by atoms with Crippen molar-refractivity contribution in [3.05, 3.63) is 53.9 Å². The standard InChI is InChI=1S/C12H7NO.BrH/c14-12-10-5-2-1-4-8(10)9-6-3-7-13-11(9)12;/h1-7H;1H. The highest BCUT2D eigenvalue weighted by Crippen LogP contribution is 2.34. The van der Waals surface area contributed by atoms with Gasteiger partial charge in [0.15, 0.2) is 0 Å². The van der Waals surface area contributed by atoms with E-state index in [1.807, 2.05) is 36.4 Å². The predicted octanol–water partition coefficient (Wildman–Crippen LogP) is 2.87. The van der Waals surface area contributed by atoms with Gasteiger partial charge >= 0.3 is 0 Å². The Morgan fingerprint density at radius 3 is 2.33 bits per heavy atom. The summed E-state index contributed by atoms with van der Waals surface area (Å²) >= 11 is 0. The Bertz CT molecular complexity index is 489. The Labute approximate surface area is 97.7 Å². The molecule has 0 bridgehead atoms. The van der Waals surface area contributed by atoms with Crippen LogP contribution in [0.4, 0.5) is 0 Å². The summed E-state index contributed by atoms with van der Waals surface area (Å²) in [6, 6.07) is 11.4. The van der Waals surface area contributed by atoms with Crippen LogP contribution in [0.5, 0.6) is 0 Å². The second-order valence-corrected chi connectivity index (χ2v) is 3.27. The van der Waals surface area contributed by atoms with Crippen molar-refractivity contribution < 1.29 is 4.79 Å². The van der Waals surface area contributed by atoms with Crippen molar-refractivity contribution in [2.75, 3.05) is 0 Å². The lowest BCUT2D eigenvalue weighted by Crippen LogP contribution is -1.96. The van der Waals surface area contributed by atoms with Crippen LogP contribution in [-0.4, -0.2) is 10.8 Å². The van der Waals surface area contributed by atoms with Gasteiger partial charge in [-0.25, -0.2) is 0 Å². The van der Waals surface area contributed by atoms with Crippen molar-refractivity contribution >= 4 is 22.8 Å². The Morgan fingerprint density at radius 2 is 1.53 bits per heavy atom. The van der Waals surface area contributed by atoms with E-state index < -0.39 is 0 Å². The maximum absolute atomic E-state index is 11.8. The number of pyridine rings is 1. The summed E-state index contributed by atoms with van der Waals surface area (Å²) in [6.07, 6.45) is 1.66. The number of hydrogen-bond acceptors (Lipinski definition) is 2. The van der Waals surface area contributed by atoms with Gasteiger partial charge in [0.05, 0.1) is 0 Å². The SMILES string of the molecule is Br.O=C1c2ccccc2-c2cccnc21. The van der Waals surface area contributed by atoms with Gasteiger partial charge < -0.3 is 0 Å². The molecule has 0 fully saturated rings. The molecule has 0 amide bonds. The Kier molecular flexibility index (Phi) is 2.40. The summed E-state index contributed by atoms with van der Waals surface area (Å²) < 4.78 is 0. The molecular formula is C12H8BrNO. The first-order chi connectivity index (χ1) is 6.88. The number of carbonyl (C=O) groups excluding carboxylic acids is 1. The van der Waals surface area contributed by atoms with Crippen LogP contribution < -0.4 is 0 Å². The molecule has 0 saturated carbocycles. The van der Waals surface area contributed by atoms with Gasteiger partial charge in [0.25, 0.3) is 0 Å². The zero-order chi connectivity index (χ0) is 9.54. The molecule has 1 aromatic carbocycles. The van der Waals surface area contributed by atoms with E-state index in [2.05, 4.69) is 4.98 Å². The normalized spacial score (nSPS) is 11.6. The van der Waals surface area contributed by atoms with Crippen LogP contribution in [0.2, 0.25) is 0 Å². The maximum atomic E-state index is 11.8. The third kappa shape index (κ3) is 1.31. The van der Waals surface area contributed by atoms with Gasteiger partial charge in [-0.05, 0) is 11.6 Å². The van der Waals surface area contributed by atoms with E-state index in [0.717, 1.165) is 16.7 Å². The molecule has 0 unspecified atom stereocenters. The van der Waals surface area contributed by atoms with Crippen LogP contribution in [0, 0.1) is 0 Å². The number of halogens is 1. The topological polar surface area (TPSA) is 30.0 Å². The lowest BCUT2D eigenvalue weighted by molar-refractivity contribution is 0.103. The molecule has 0 radical (unpaired) electrons. The van der Waals surface area contributed by atoms with Crippen molar-refractivity contribution in [1.82, 2.24) is 4.98 Å². The largest absolute Gasteiger partial charge is 0.287 e. The number of nitrogens with zero attached hydrogens (tertiary/aromatic N) is 1. The van der Waals surface area contributed by atoms with Crippen molar-refractivity contribution in [2.45, 2.75) is 0 Å². The first kappa shape index (κ1) is 10.1. The molecule has 0 N–H and O–H groups in total. The number of rotatable bonds is 0. The number of fused-ring (bicyclic) bond motifs is 3. The quantitative estimate of drug-likeness (QED) is 0.623. The number of hydrogen-bond donors (Lipinski definition) is 0. The minimum absolute atomic E-state index is 0. The Morgan fingerprint density at radius 1 is 0.867 bits per heavy atom. The lowest BCUT2D eigenvalue weighted by Gasteiger charge is -1.95. The molecular weight excluding hydrogens is 254 g/mol. The van der Waals surface area contributed by atoms with E-state index in [9.17, 15) is 4.79 Å². The molecule has 3 heteroatoms. The van der Waals surface area contributed by atoms with E-state index in [4.69, 9.17) is 0 Å². The average Bonchev–Trinajstić information content (AvgIpc) is 2.55. The van der Waals surface area contributed by atoms with Gasteiger partial charge in [-0.3, -0.25) is 9.78 Å². The third-order valence-electron chi connectivity index (χ3n) is 2.48. The van der Waals surface area contributed by atoms with E-state index in [1.54, 1.807) is 6.20 Å². The fraction of sp³-hybridized carbons (Fsp3) is 0. The average molecular weight is 262 g/mol. The smallest absolute Gasteiger partial charge is 0.212 e. The molecule has 15 heavy (non-hydrogen) atoms. The van der Waals surface area contributed by atoms with Crippen LogP contribution in [0.15, 0.2) is 42.6 Å². The lowest BCUT2D eigenvalue weighted by atomic mass is 10.1. The van der Waals surface area contributed by atoms with Crippen molar-refractivity contribution in [1.29, 1.82) is 0 Å². The van der Waals surface area contributed by atoms with E-state index >= 15 is 0 Å². The van der Waals surface area contributed by atoms with Crippen LogP contribution in [0.25, 0.3) is 11.1 Å². The fourth-order valence-corrected chi connectivity index (χ4v) is 1.85. The number of benzene rings is 1. The summed E-state index contributed by atoms with van der Waals surface area (Å²) in [5, 5.41) is 0. The number of carbonyl (C=O) groups is 1. The monoisotopic (exact) mass is 261 g/mol. The van der Waals surface area contributed by atoms with E-state index in [0.29, 0.717) is 5.69 Å². The minimum Gasteiger partial charge on any atom is -0.287 e. The summed E-state index contributed by atoms with van der Waals surface area (Å²) in [5.41, 5.74) is 3.30. The summed E-state index contributed by atoms with van der Waals surface area (Å²) in [6.45, 7) is 0. The van der Waals surface area contributed by atoms with Gasteiger partial charge in [-0.2, -0.15) is 0 Å². The molecule has 1 aliphatic rings. The summed E-state index contributed by atoms with van der Waals surface area (Å²) in [5.74, 6) is 0.0381. The number of aromatic nitrogens is 1. The summed E-state index contributed by atoms with van der Waals surface area (Å²) in [7, 11) is 0. The molecule has 74 valence electrons. The minimum atomic E-state index is 0. The van der Waals surface area contributed by atoms with E-state index in [-0.39, 0.29) is 22.8 Å². The molecule has 1 heterocycles. The molecule has 3 rings (SSSR count). The summed E-state index contributed by atoms with van der Waals surface area (Å²) in [4.78, 5) is 15.9. The number of ketones is 1. The highest BCUT2D eigenvalue weighted by molar-refractivity contribution is 8.93. The molecule has 1 aromatic heterocycles. The molecule has 1 aliphatic carbocycles. The van der Waals surface area contributed by atoms with Crippen LogP contribution >= 0.6 is 17.0 Å². The third-order valence-corrected chi connectivity index (χ3v) is 2.48. The van der Waals surface area contributed by atoms with Crippen LogP contribution in [-0.2, 0) is 0 Å². The van der Waals surface area contributed by atoms with Gasteiger partial charge in [0, 0.05) is 17.3 Å². The molecule has 2 aromatic rings. The first-order valence-electron chi connectivity index (χ1n) is 4.47. The zero-order valence-corrected chi connectivity index (χ0v) is 9.52. The highest BCUT2D eigenvalue weighted by Gasteiger charge is 2.26. The molecule has 0 spiro atoms. The van der Waals surface area contributed by atoms with Crippen molar-refractivity contribution in [3.8, 4) is 11.1 Å². The first-order valence-corrected chi connectivity index (χ1v) is 4.47. The molecule has 0 saturated heterocycles. The van der Waals surface area contributed by atoms with Gasteiger partial charge in [0.2, 0.25) is 5.78 Å². The van der Waals surface area contributed by atoms with Crippen molar-refractivity contribution in [3.63, 3.8) is 0 Å². The Hall–Kier alpha value is -1.48. The second-order valence-electron chi connectivity index (χ2n) is 3.27. The molecule has 0 aliphatic heterocycles. The van der Waals surface area contributed by atoms with Gasteiger partial charge in [-0.15, -0.1) is 17.0 Å². The van der Waals surface area contributed by atoms with Crippen LogP contribution in [0.1, 0.15) is 16.1 Å². The fourth-order valence-electron chi connectivity index (χ4n) is 1.85. The zero-order valence-electron chi connectivity index (χ0n) is 7.81.